The molecule has 2 aromatic carbocycles. The van der Waals surface area contributed by atoms with Crippen LogP contribution in [0.25, 0.3) is 0 Å². The number of phenolic OH excluding ortho intramolecular Hbond substituents is 1. The number of halogens is 1. The third-order valence-corrected chi connectivity index (χ3v) is 6.79. The van der Waals surface area contributed by atoms with Crippen LogP contribution in [-0.2, 0) is 14.8 Å². The van der Waals surface area contributed by atoms with Crippen molar-refractivity contribution < 1.29 is 23.1 Å². The molecule has 3 rings (SSSR count). The number of rotatable bonds is 4. The number of aromatic hydroxyl groups is 1. The number of hydrogen-bond donors (Lipinski definition) is 2. The van der Waals surface area contributed by atoms with Gasteiger partial charge in [0.25, 0.3) is 5.91 Å². The number of anilines is 1. The van der Waals surface area contributed by atoms with Crippen molar-refractivity contribution in [2.45, 2.75) is 11.8 Å². The van der Waals surface area contributed by atoms with Gasteiger partial charge in [0, 0.05) is 43.7 Å². The van der Waals surface area contributed by atoms with Crippen LogP contribution in [0, 0.1) is 0 Å². The molecular formula is C19H20ClN3O5S. The summed E-state index contributed by atoms with van der Waals surface area (Å²) in [6.45, 7) is 2.59. The summed E-state index contributed by atoms with van der Waals surface area (Å²) in [6.07, 6.45) is 0. The normalized spacial score (nSPS) is 15.2. The van der Waals surface area contributed by atoms with Crippen LogP contribution < -0.4 is 5.32 Å². The molecule has 1 aliphatic heterocycles. The third-order valence-electron chi connectivity index (χ3n) is 4.65. The maximum Gasteiger partial charge on any atom is 0.255 e. The Kier molecular flexibility index (Phi) is 6.11. The number of piperazine rings is 1. The van der Waals surface area contributed by atoms with Crippen molar-refractivity contribution in [1.82, 2.24) is 9.21 Å². The lowest BCUT2D eigenvalue weighted by Gasteiger charge is -2.33. The summed E-state index contributed by atoms with van der Waals surface area (Å²) in [5, 5.41) is 12.7. The van der Waals surface area contributed by atoms with Crippen LogP contribution in [0.2, 0.25) is 5.02 Å². The summed E-state index contributed by atoms with van der Waals surface area (Å²) >= 11 is 5.86. The fraction of sp³-hybridized carbons (Fsp3) is 0.263. The van der Waals surface area contributed by atoms with E-state index in [1.165, 1.54) is 53.7 Å². The summed E-state index contributed by atoms with van der Waals surface area (Å²) in [7, 11) is -3.72. The number of benzene rings is 2. The van der Waals surface area contributed by atoms with Gasteiger partial charge in [-0.15, -0.1) is 0 Å². The summed E-state index contributed by atoms with van der Waals surface area (Å²) < 4.78 is 26.9. The van der Waals surface area contributed by atoms with Crippen molar-refractivity contribution in [3.8, 4) is 5.75 Å². The minimum Gasteiger partial charge on any atom is -0.506 e. The molecule has 1 saturated heterocycles. The zero-order valence-corrected chi connectivity index (χ0v) is 17.2. The standard InChI is InChI=1S/C19H20ClN3O5S/c1-13(24)22-8-10-23(11-9-22)29(27,28)16-5-2-14(3-6-16)19(26)21-17-12-15(20)4-7-18(17)25/h2-7,12,25H,8-11H2,1H3,(H,21,26). The first-order valence-corrected chi connectivity index (χ1v) is 10.7. The van der Waals surface area contributed by atoms with Crippen LogP contribution in [0.4, 0.5) is 5.69 Å². The zero-order valence-electron chi connectivity index (χ0n) is 15.6. The molecule has 1 aliphatic rings. The maximum atomic E-state index is 12.8. The topological polar surface area (TPSA) is 107 Å². The molecule has 0 spiro atoms. The number of nitrogens with zero attached hydrogens (tertiary/aromatic N) is 2. The lowest BCUT2D eigenvalue weighted by atomic mass is 10.2. The Balaban J connectivity index is 1.71. The van der Waals surface area contributed by atoms with Crippen molar-refractivity contribution in [2.75, 3.05) is 31.5 Å². The van der Waals surface area contributed by atoms with Gasteiger partial charge in [0.15, 0.2) is 0 Å². The van der Waals surface area contributed by atoms with Gasteiger partial charge in [-0.25, -0.2) is 8.42 Å². The number of carbonyl (C=O) groups excluding carboxylic acids is 2. The Morgan fingerprint density at radius 3 is 2.24 bits per heavy atom. The molecule has 29 heavy (non-hydrogen) atoms. The SMILES string of the molecule is CC(=O)N1CCN(S(=O)(=O)c2ccc(C(=O)Nc3cc(Cl)ccc3O)cc2)CC1. The van der Waals surface area contributed by atoms with Crippen molar-refractivity contribution in [1.29, 1.82) is 0 Å². The van der Waals surface area contributed by atoms with Gasteiger partial charge < -0.3 is 15.3 Å². The minimum absolute atomic E-state index is 0.0657. The first-order chi connectivity index (χ1) is 13.7. The molecule has 2 N–H and O–H groups in total. The van der Waals surface area contributed by atoms with Crippen LogP contribution in [0.15, 0.2) is 47.4 Å². The molecule has 2 amide bonds. The minimum atomic E-state index is -3.72. The van der Waals surface area contributed by atoms with E-state index in [0.29, 0.717) is 18.1 Å². The maximum absolute atomic E-state index is 12.8. The second kappa shape index (κ2) is 8.40. The molecular weight excluding hydrogens is 418 g/mol. The lowest BCUT2D eigenvalue weighted by Crippen LogP contribution is -2.49. The van der Waals surface area contributed by atoms with E-state index in [1.54, 1.807) is 4.90 Å². The van der Waals surface area contributed by atoms with E-state index in [-0.39, 0.29) is 40.9 Å². The van der Waals surface area contributed by atoms with Gasteiger partial charge in [0.05, 0.1) is 10.6 Å². The van der Waals surface area contributed by atoms with Gasteiger partial charge >= 0.3 is 0 Å². The fourth-order valence-electron chi connectivity index (χ4n) is 2.97. The summed E-state index contributed by atoms with van der Waals surface area (Å²) in [5.74, 6) is -0.726. The van der Waals surface area contributed by atoms with Crippen LogP contribution in [0.3, 0.4) is 0 Å². The monoisotopic (exact) mass is 437 g/mol. The molecule has 0 aliphatic carbocycles. The van der Waals surface area contributed by atoms with Crippen LogP contribution in [0.5, 0.6) is 5.75 Å². The van der Waals surface area contributed by atoms with Gasteiger partial charge in [0.2, 0.25) is 15.9 Å². The number of hydrogen-bond acceptors (Lipinski definition) is 5. The average molecular weight is 438 g/mol. The van der Waals surface area contributed by atoms with E-state index in [2.05, 4.69) is 5.32 Å². The van der Waals surface area contributed by atoms with E-state index in [1.807, 2.05) is 0 Å². The van der Waals surface area contributed by atoms with Crippen molar-refractivity contribution >= 4 is 39.1 Å². The highest BCUT2D eigenvalue weighted by molar-refractivity contribution is 7.89. The first-order valence-electron chi connectivity index (χ1n) is 8.84. The highest BCUT2D eigenvalue weighted by Gasteiger charge is 2.29. The molecule has 1 heterocycles. The highest BCUT2D eigenvalue weighted by atomic mass is 35.5. The van der Waals surface area contributed by atoms with Gasteiger partial charge in [0.1, 0.15) is 5.75 Å². The molecule has 10 heteroatoms. The van der Waals surface area contributed by atoms with E-state index < -0.39 is 15.9 Å². The van der Waals surface area contributed by atoms with Crippen molar-refractivity contribution in [3.05, 3.63) is 53.1 Å². The number of amides is 2. The smallest absolute Gasteiger partial charge is 0.255 e. The van der Waals surface area contributed by atoms with Crippen LogP contribution >= 0.6 is 11.6 Å². The summed E-state index contributed by atoms with van der Waals surface area (Å²) in [5.41, 5.74) is 0.382. The molecule has 1 fully saturated rings. The molecule has 2 aromatic rings. The Hall–Kier alpha value is -2.62. The molecule has 0 unspecified atom stereocenters. The number of nitrogens with one attached hydrogen (secondary N) is 1. The number of sulfonamides is 1. The molecule has 154 valence electrons. The van der Waals surface area contributed by atoms with Crippen molar-refractivity contribution in [3.63, 3.8) is 0 Å². The van der Waals surface area contributed by atoms with Crippen LogP contribution in [-0.4, -0.2) is 60.7 Å². The van der Waals surface area contributed by atoms with Gasteiger partial charge in [-0.2, -0.15) is 4.31 Å². The second-order valence-corrected chi connectivity index (χ2v) is 8.92. The van der Waals surface area contributed by atoms with Crippen molar-refractivity contribution in [2.24, 2.45) is 0 Å². The summed E-state index contributed by atoms with van der Waals surface area (Å²) in [6, 6.07) is 9.78. The highest BCUT2D eigenvalue weighted by Crippen LogP contribution is 2.27. The zero-order chi connectivity index (χ0) is 21.2. The molecule has 8 nitrogen and oxygen atoms in total. The Morgan fingerprint density at radius 1 is 1.03 bits per heavy atom. The quantitative estimate of drug-likeness (QED) is 0.713. The largest absolute Gasteiger partial charge is 0.506 e. The van der Waals surface area contributed by atoms with E-state index in [0.717, 1.165) is 0 Å². The second-order valence-electron chi connectivity index (χ2n) is 6.55. The Labute approximate surface area is 173 Å². The lowest BCUT2D eigenvalue weighted by molar-refractivity contribution is -0.129. The van der Waals surface area contributed by atoms with Gasteiger partial charge in [-0.1, -0.05) is 11.6 Å². The molecule has 0 radical (unpaired) electrons. The molecule has 0 aromatic heterocycles. The van der Waals surface area contributed by atoms with Gasteiger partial charge in [-0.3, -0.25) is 9.59 Å². The summed E-state index contributed by atoms with van der Waals surface area (Å²) in [4.78, 5) is 25.4. The molecule has 0 bridgehead atoms. The first kappa shape index (κ1) is 21.1. The van der Waals surface area contributed by atoms with E-state index in [4.69, 9.17) is 11.6 Å². The molecule has 0 saturated carbocycles. The predicted octanol–water partition coefficient (Wildman–Crippen LogP) is 2.15. The molecule has 0 atom stereocenters. The average Bonchev–Trinajstić information content (AvgIpc) is 2.71. The number of carbonyl (C=O) groups is 2. The van der Waals surface area contributed by atoms with Gasteiger partial charge in [-0.05, 0) is 42.5 Å². The Bertz CT molecular complexity index is 1030. The predicted molar refractivity (Wildman–Crippen MR) is 109 cm³/mol. The number of phenols is 1. The third kappa shape index (κ3) is 4.69. The van der Waals surface area contributed by atoms with E-state index >= 15 is 0 Å². The van der Waals surface area contributed by atoms with Crippen LogP contribution in [0.1, 0.15) is 17.3 Å². The fourth-order valence-corrected chi connectivity index (χ4v) is 4.57. The Morgan fingerprint density at radius 2 is 1.66 bits per heavy atom. The van der Waals surface area contributed by atoms with E-state index in [9.17, 15) is 23.1 Å².